The van der Waals surface area contributed by atoms with E-state index < -0.39 is 9.84 Å². The Morgan fingerprint density at radius 3 is 2.60 bits per heavy atom. The van der Waals surface area contributed by atoms with Crippen LogP contribution in [0.2, 0.25) is 0 Å². The van der Waals surface area contributed by atoms with Crippen LogP contribution < -0.4 is 25.3 Å². The van der Waals surface area contributed by atoms with E-state index in [0.717, 1.165) is 32.3 Å². The SMILES string of the molecule is CC(C)N1CC(=O)N(C)c2cnc(Nc3cc(N(C)C(=O)NC4CCN(Cc5ccccc5)C4)cc(S(C)(=O)=O)c3)nc21. The summed E-state index contributed by atoms with van der Waals surface area (Å²) in [7, 11) is -0.309. The highest BCUT2D eigenvalue weighted by Gasteiger charge is 2.31. The maximum atomic E-state index is 13.3. The minimum atomic E-state index is -3.60. The molecule has 3 heterocycles. The second-order valence-corrected chi connectivity index (χ2v) is 13.4. The molecular weight excluding hydrogens is 568 g/mol. The molecule has 2 aliphatic rings. The first-order valence-corrected chi connectivity index (χ1v) is 16.1. The lowest BCUT2D eigenvalue weighted by atomic mass is 10.2. The second kappa shape index (κ2) is 12.2. The standard InChI is InChI=1S/C30H38N8O4S/c1-20(2)38-19-27(39)36(4)26-16-31-29(34-28(26)38)32-23-13-24(15-25(14-23)43(5,41)42)35(3)30(40)33-22-11-12-37(18-22)17-21-9-7-6-8-10-21/h6-10,13-16,20,22H,11-12,17-19H2,1-5H3,(H,33,40)(H,31,32,34). The number of nitrogens with zero attached hydrogens (tertiary/aromatic N) is 6. The normalized spacial score (nSPS) is 17.3. The number of amides is 3. The smallest absolute Gasteiger partial charge is 0.321 e. The van der Waals surface area contributed by atoms with Crippen molar-refractivity contribution in [2.24, 2.45) is 0 Å². The van der Waals surface area contributed by atoms with Gasteiger partial charge in [0.05, 0.1) is 17.6 Å². The van der Waals surface area contributed by atoms with Gasteiger partial charge in [-0.05, 0) is 44.0 Å². The highest BCUT2D eigenvalue weighted by Crippen LogP contribution is 2.33. The van der Waals surface area contributed by atoms with Gasteiger partial charge in [-0.15, -0.1) is 0 Å². The summed E-state index contributed by atoms with van der Waals surface area (Å²) in [6.07, 6.45) is 3.52. The lowest BCUT2D eigenvalue weighted by Gasteiger charge is -2.36. The first-order valence-electron chi connectivity index (χ1n) is 14.2. The number of hydrogen-bond acceptors (Lipinski definition) is 9. The Morgan fingerprint density at radius 1 is 1.16 bits per heavy atom. The molecule has 228 valence electrons. The zero-order valence-corrected chi connectivity index (χ0v) is 25.9. The number of anilines is 5. The molecule has 2 aliphatic heterocycles. The van der Waals surface area contributed by atoms with Crippen molar-refractivity contribution < 1.29 is 18.0 Å². The molecule has 1 fully saturated rings. The number of likely N-dealkylation sites (tertiary alicyclic amines) is 1. The van der Waals surface area contributed by atoms with Crippen LogP contribution in [0.4, 0.5) is 33.6 Å². The van der Waals surface area contributed by atoms with E-state index in [1.54, 1.807) is 26.4 Å². The Hall–Kier alpha value is -4.23. The molecule has 0 saturated carbocycles. The van der Waals surface area contributed by atoms with Crippen LogP contribution >= 0.6 is 0 Å². The van der Waals surface area contributed by atoms with Crippen molar-refractivity contribution in [3.63, 3.8) is 0 Å². The molecule has 1 atom stereocenters. The molecule has 13 heteroatoms. The van der Waals surface area contributed by atoms with Crippen LogP contribution in [0.5, 0.6) is 0 Å². The molecule has 0 spiro atoms. The van der Waals surface area contributed by atoms with Crippen LogP contribution in [-0.2, 0) is 21.2 Å². The number of rotatable bonds is 8. The Kier molecular flexibility index (Phi) is 8.56. The summed E-state index contributed by atoms with van der Waals surface area (Å²) >= 11 is 0. The topological polar surface area (TPSA) is 131 Å². The van der Waals surface area contributed by atoms with Crippen LogP contribution in [0.15, 0.2) is 59.6 Å². The molecule has 0 radical (unpaired) electrons. The van der Waals surface area contributed by atoms with Crippen molar-refractivity contribution >= 4 is 50.6 Å². The summed E-state index contributed by atoms with van der Waals surface area (Å²) in [6, 6.07) is 14.5. The number of carbonyl (C=O) groups excluding carboxylic acids is 2. The van der Waals surface area contributed by atoms with E-state index in [2.05, 4.69) is 37.6 Å². The second-order valence-electron chi connectivity index (χ2n) is 11.4. The third-order valence-electron chi connectivity index (χ3n) is 7.80. The van der Waals surface area contributed by atoms with Crippen molar-refractivity contribution in [2.45, 2.75) is 43.8 Å². The van der Waals surface area contributed by atoms with Gasteiger partial charge in [-0.2, -0.15) is 4.98 Å². The van der Waals surface area contributed by atoms with Crippen LogP contribution in [0, 0.1) is 0 Å². The van der Waals surface area contributed by atoms with Gasteiger partial charge in [0.25, 0.3) is 0 Å². The molecule has 2 N–H and O–H groups in total. The Morgan fingerprint density at radius 2 is 1.91 bits per heavy atom. The van der Waals surface area contributed by atoms with Gasteiger partial charge in [-0.1, -0.05) is 30.3 Å². The minimum Gasteiger partial charge on any atom is -0.343 e. The predicted octanol–water partition coefficient (Wildman–Crippen LogP) is 3.24. The number of hydrogen-bond donors (Lipinski definition) is 2. The third kappa shape index (κ3) is 6.89. The monoisotopic (exact) mass is 606 g/mol. The molecular formula is C30H38N8O4S. The van der Waals surface area contributed by atoms with Crippen molar-refractivity contribution in [1.29, 1.82) is 0 Å². The highest BCUT2D eigenvalue weighted by molar-refractivity contribution is 7.90. The summed E-state index contributed by atoms with van der Waals surface area (Å²) < 4.78 is 25.2. The van der Waals surface area contributed by atoms with Gasteiger partial charge in [-0.3, -0.25) is 14.6 Å². The van der Waals surface area contributed by atoms with Crippen LogP contribution in [0.1, 0.15) is 25.8 Å². The van der Waals surface area contributed by atoms with E-state index in [1.165, 1.54) is 27.5 Å². The number of urea groups is 1. The summed E-state index contributed by atoms with van der Waals surface area (Å²) in [5, 5.41) is 6.20. The number of carbonyl (C=O) groups is 2. The average Bonchev–Trinajstić information content (AvgIpc) is 3.40. The molecule has 1 saturated heterocycles. The summed E-state index contributed by atoms with van der Waals surface area (Å²) in [4.78, 5) is 42.0. The Bertz CT molecular complexity index is 1620. The average molecular weight is 607 g/mol. The summed E-state index contributed by atoms with van der Waals surface area (Å²) in [5.41, 5.74) is 2.62. The number of nitrogens with one attached hydrogen (secondary N) is 2. The number of likely N-dealkylation sites (N-methyl/N-ethyl adjacent to an activating group) is 1. The molecule has 2 aromatic carbocycles. The first kappa shape index (κ1) is 30.2. The van der Waals surface area contributed by atoms with E-state index in [9.17, 15) is 18.0 Å². The van der Waals surface area contributed by atoms with E-state index >= 15 is 0 Å². The Labute approximate surface area is 252 Å². The fourth-order valence-corrected chi connectivity index (χ4v) is 5.96. The zero-order valence-electron chi connectivity index (χ0n) is 25.1. The minimum absolute atomic E-state index is 0.0211. The maximum Gasteiger partial charge on any atom is 0.321 e. The molecule has 0 aliphatic carbocycles. The number of fused-ring (bicyclic) bond motifs is 1. The van der Waals surface area contributed by atoms with Gasteiger partial charge in [-0.25, -0.2) is 18.2 Å². The molecule has 43 heavy (non-hydrogen) atoms. The molecule has 12 nitrogen and oxygen atoms in total. The van der Waals surface area contributed by atoms with Gasteiger partial charge in [0, 0.05) is 63.4 Å². The number of aromatic nitrogens is 2. The lowest BCUT2D eigenvalue weighted by Crippen LogP contribution is -2.47. The fraction of sp³-hybridized carbons (Fsp3) is 0.400. The molecule has 0 bridgehead atoms. The molecule has 1 aromatic heterocycles. The molecule has 3 amide bonds. The van der Waals surface area contributed by atoms with Crippen molar-refractivity contribution in [3.8, 4) is 0 Å². The van der Waals surface area contributed by atoms with E-state index in [0.29, 0.717) is 22.9 Å². The van der Waals surface area contributed by atoms with Gasteiger partial charge in [0.1, 0.15) is 5.69 Å². The predicted molar refractivity (Wildman–Crippen MR) is 168 cm³/mol. The van der Waals surface area contributed by atoms with E-state index in [1.807, 2.05) is 36.9 Å². The van der Waals surface area contributed by atoms with Crippen LogP contribution in [0.25, 0.3) is 0 Å². The largest absolute Gasteiger partial charge is 0.343 e. The highest BCUT2D eigenvalue weighted by atomic mass is 32.2. The maximum absolute atomic E-state index is 13.3. The van der Waals surface area contributed by atoms with Gasteiger partial charge in [0.2, 0.25) is 11.9 Å². The first-order chi connectivity index (χ1) is 20.4. The van der Waals surface area contributed by atoms with Crippen molar-refractivity contribution in [2.75, 3.05) is 60.0 Å². The van der Waals surface area contributed by atoms with Crippen molar-refractivity contribution in [3.05, 3.63) is 60.3 Å². The number of benzene rings is 2. The lowest BCUT2D eigenvalue weighted by molar-refractivity contribution is -0.117. The fourth-order valence-electron chi connectivity index (χ4n) is 5.28. The zero-order chi connectivity index (χ0) is 30.9. The quantitative estimate of drug-likeness (QED) is 0.397. The van der Waals surface area contributed by atoms with E-state index in [-0.39, 0.29) is 41.4 Å². The Balaban J connectivity index is 1.34. The van der Waals surface area contributed by atoms with E-state index in [4.69, 9.17) is 0 Å². The third-order valence-corrected chi connectivity index (χ3v) is 8.89. The summed E-state index contributed by atoms with van der Waals surface area (Å²) in [6.45, 7) is 6.57. The van der Waals surface area contributed by atoms with Gasteiger partial charge >= 0.3 is 6.03 Å². The molecule has 5 rings (SSSR count). The van der Waals surface area contributed by atoms with Gasteiger partial charge in [0.15, 0.2) is 15.7 Å². The molecule has 1 unspecified atom stereocenters. The van der Waals surface area contributed by atoms with Crippen LogP contribution in [0.3, 0.4) is 0 Å². The summed E-state index contributed by atoms with van der Waals surface area (Å²) in [5.74, 6) is 0.780. The van der Waals surface area contributed by atoms with Crippen LogP contribution in [-0.4, -0.2) is 87.3 Å². The molecule has 3 aromatic rings. The van der Waals surface area contributed by atoms with Crippen molar-refractivity contribution in [1.82, 2.24) is 20.2 Å². The van der Waals surface area contributed by atoms with Gasteiger partial charge < -0.3 is 20.4 Å². The number of sulfone groups is 1.